The second kappa shape index (κ2) is 12.2. The number of benzene rings is 6. The molecule has 4 nitrogen and oxygen atoms in total. The van der Waals surface area contributed by atoms with E-state index < -0.39 is 0 Å². The largest absolute Gasteiger partial charge is 0.488 e. The molecule has 4 heteroatoms. The normalized spacial score (nSPS) is 19.9. The Bertz CT molecular complexity index is 2520. The molecule has 1 aliphatic heterocycles. The van der Waals surface area contributed by atoms with Crippen molar-refractivity contribution in [3.8, 4) is 51.0 Å². The lowest BCUT2D eigenvalue weighted by atomic mass is 9.68. The molecule has 0 amide bonds. The third kappa shape index (κ3) is 5.28. The molecule has 3 aliphatic rings. The standard InChI is InChI=1S/C47H33N3O/c1-3-12-32(13-4-1)40-28-37-17-9-10-18-39(37)44-43(40)41-29-38(25-26-42(41)51-44)47-49-45(33-14-5-2-6-15-33)48-46(50-47)34-22-19-31(20-23-34)36-24-21-30-11-7-8-16-35(30)27-36/h1-29,37,39,43-44H. The maximum atomic E-state index is 6.80. The molecule has 242 valence electrons. The Hall–Kier alpha value is -6.39. The minimum absolute atomic E-state index is 0.0107. The minimum atomic E-state index is 0.0107. The van der Waals surface area contributed by atoms with Crippen molar-refractivity contribution in [2.24, 2.45) is 11.8 Å². The summed E-state index contributed by atoms with van der Waals surface area (Å²) in [6.07, 6.45) is 11.4. The molecular weight excluding hydrogens is 623 g/mol. The second-order valence-electron chi connectivity index (χ2n) is 13.5. The SMILES string of the molecule is C1=CC2C=C(c3ccccc3)C3c4cc(-c5nc(-c6ccccc6)nc(-c6ccc(-c7ccc8ccccc8c7)cc6)n5)ccc4OC3C2C=C1. The Morgan fingerprint density at radius 2 is 1.04 bits per heavy atom. The number of hydrogen-bond acceptors (Lipinski definition) is 4. The summed E-state index contributed by atoms with van der Waals surface area (Å²) in [5.41, 5.74) is 8.88. The number of ether oxygens (including phenoxy) is 1. The zero-order chi connectivity index (χ0) is 33.7. The third-order valence-electron chi connectivity index (χ3n) is 10.5. The lowest BCUT2D eigenvalue weighted by Gasteiger charge is -2.37. The van der Waals surface area contributed by atoms with Crippen molar-refractivity contribution in [2.45, 2.75) is 12.0 Å². The third-order valence-corrected chi connectivity index (χ3v) is 10.5. The van der Waals surface area contributed by atoms with Crippen molar-refractivity contribution in [1.82, 2.24) is 15.0 Å². The lowest BCUT2D eigenvalue weighted by Crippen LogP contribution is -2.36. The Kier molecular flexibility index (Phi) is 7.05. The van der Waals surface area contributed by atoms with Crippen molar-refractivity contribution in [1.29, 1.82) is 0 Å². The van der Waals surface area contributed by atoms with Gasteiger partial charge in [0, 0.05) is 34.1 Å². The van der Waals surface area contributed by atoms with E-state index in [-0.39, 0.29) is 17.9 Å². The van der Waals surface area contributed by atoms with Gasteiger partial charge < -0.3 is 4.74 Å². The molecule has 10 rings (SSSR count). The summed E-state index contributed by atoms with van der Waals surface area (Å²) < 4.78 is 6.80. The van der Waals surface area contributed by atoms with E-state index in [0.29, 0.717) is 23.4 Å². The maximum Gasteiger partial charge on any atom is 0.164 e. The van der Waals surface area contributed by atoms with Crippen LogP contribution in [0.15, 0.2) is 176 Å². The Morgan fingerprint density at radius 1 is 0.451 bits per heavy atom. The van der Waals surface area contributed by atoms with Gasteiger partial charge in [0.25, 0.3) is 0 Å². The van der Waals surface area contributed by atoms with Gasteiger partial charge in [-0.1, -0.05) is 152 Å². The maximum absolute atomic E-state index is 6.80. The topological polar surface area (TPSA) is 47.9 Å². The Balaban J connectivity index is 1.06. The molecule has 2 aliphatic carbocycles. The van der Waals surface area contributed by atoms with Gasteiger partial charge in [-0.05, 0) is 57.3 Å². The van der Waals surface area contributed by atoms with Crippen LogP contribution < -0.4 is 4.74 Å². The van der Waals surface area contributed by atoms with Crippen LogP contribution in [-0.4, -0.2) is 21.1 Å². The van der Waals surface area contributed by atoms with Crippen LogP contribution in [0.2, 0.25) is 0 Å². The van der Waals surface area contributed by atoms with Gasteiger partial charge in [0.05, 0.1) is 5.92 Å². The summed E-state index contributed by atoms with van der Waals surface area (Å²) in [7, 11) is 0. The van der Waals surface area contributed by atoms with Crippen LogP contribution in [0.3, 0.4) is 0 Å². The average molecular weight is 656 g/mol. The molecule has 0 fully saturated rings. The number of rotatable bonds is 5. The molecule has 1 aromatic heterocycles. The van der Waals surface area contributed by atoms with Gasteiger partial charge >= 0.3 is 0 Å². The monoisotopic (exact) mass is 655 g/mol. The summed E-state index contributed by atoms with van der Waals surface area (Å²) in [5, 5.41) is 2.46. The quantitative estimate of drug-likeness (QED) is 0.185. The van der Waals surface area contributed by atoms with Gasteiger partial charge in [0.15, 0.2) is 17.5 Å². The highest BCUT2D eigenvalue weighted by Gasteiger charge is 2.46. The highest BCUT2D eigenvalue weighted by molar-refractivity contribution is 5.87. The summed E-state index contributed by atoms with van der Waals surface area (Å²) in [6.45, 7) is 0. The molecule has 0 saturated heterocycles. The van der Waals surface area contributed by atoms with Crippen LogP contribution in [0.1, 0.15) is 17.0 Å². The molecule has 6 aromatic carbocycles. The molecule has 0 N–H and O–H groups in total. The number of aromatic nitrogens is 3. The summed E-state index contributed by atoms with van der Waals surface area (Å²) in [6, 6.07) is 50.9. The van der Waals surface area contributed by atoms with Crippen LogP contribution in [0.25, 0.3) is 61.6 Å². The molecule has 7 aromatic rings. The van der Waals surface area contributed by atoms with Gasteiger partial charge in [0.2, 0.25) is 0 Å². The molecule has 0 radical (unpaired) electrons. The average Bonchev–Trinajstić information content (AvgIpc) is 3.60. The van der Waals surface area contributed by atoms with Gasteiger partial charge in [-0.2, -0.15) is 0 Å². The highest BCUT2D eigenvalue weighted by Crippen LogP contribution is 2.54. The molecular formula is C47H33N3O. The first kappa shape index (κ1) is 29.5. The summed E-state index contributed by atoms with van der Waals surface area (Å²) >= 11 is 0. The predicted octanol–water partition coefficient (Wildman–Crippen LogP) is 11.0. The smallest absolute Gasteiger partial charge is 0.164 e. The number of fused-ring (bicyclic) bond motifs is 6. The van der Waals surface area contributed by atoms with E-state index in [9.17, 15) is 0 Å². The fourth-order valence-electron chi connectivity index (χ4n) is 7.96. The molecule has 0 saturated carbocycles. The van der Waals surface area contributed by atoms with Crippen LogP contribution >= 0.6 is 0 Å². The molecule has 2 heterocycles. The van der Waals surface area contributed by atoms with E-state index in [4.69, 9.17) is 19.7 Å². The van der Waals surface area contributed by atoms with Gasteiger partial charge in [-0.25, -0.2) is 15.0 Å². The van der Waals surface area contributed by atoms with E-state index in [2.05, 4.69) is 146 Å². The molecule has 51 heavy (non-hydrogen) atoms. The van der Waals surface area contributed by atoms with Crippen molar-refractivity contribution < 1.29 is 4.74 Å². The number of allylic oxidation sites excluding steroid dienone is 4. The van der Waals surface area contributed by atoms with E-state index in [1.807, 2.05) is 30.3 Å². The van der Waals surface area contributed by atoms with Gasteiger partial charge in [0.1, 0.15) is 11.9 Å². The van der Waals surface area contributed by atoms with Crippen LogP contribution in [0.4, 0.5) is 0 Å². The minimum Gasteiger partial charge on any atom is -0.488 e. The number of nitrogens with zero attached hydrogens (tertiary/aromatic N) is 3. The second-order valence-corrected chi connectivity index (χ2v) is 13.5. The van der Waals surface area contributed by atoms with Crippen molar-refractivity contribution in [2.75, 3.05) is 0 Å². The first-order valence-corrected chi connectivity index (χ1v) is 17.6. The Morgan fingerprint density at radius 3 is 1.80 bits per heavy atom. The molecule has 0 bridgehead atoms. The van der Waals surface area contributed by atoms with E-state index >= 15 is 0 Å². The first-order chi connectivity index (χ1) is 25.2. The fraction of sp³-hybridized carbons (Fsp3) is 0.0851. The lowest BCUT2D eigenvalue weighted by molar-refractivity contribution is 0.152. The Labute approximate surface area is 297 Å². The summed E-state index contributed by atoms with van der Waals surface area (Å²) in [4.78, 5) is 15.2. The van der Waals surface area contributed by atoms with Gasteiger partial charge in [-0.3, -0.25) is 0 Å². The van der Waals surface area contributed by atoms with Crippen molar-refractivity contribution >= 4 is 16.3 Å². The molecule has 0 spiro atoms. The van der Waals surface area contributed by atoms with Crippen LogP contribution in [0, 0.1) is 11.8 Å². The van der Waals surface area contributed by atoms with Gasteiger partial charge in [-0.15, -0.1) is 0 Å². The van der Waals surface area contributed by atoms with E-state index in [1.165, 1.54) is 33.0 Å². The van der Waals surface area contributed by atoms with E-state index in [1.54, 1.807) is 0 Å². The van der Waals surface area contributed by atoms with E-state index in [0.717, 1.165) is 28.0 Å². The molecule has 4 unspecified atom stereocenters. The zero-order valence-corrected chi connectivity index (χ0v) is 27.8. The van der Waals surface area contributed by atoms with Crippen molar-refractivity contribution in [3.63, 3.8) is 0 Å². The van der Waals surface area contributed by atoms with Crippen LogP contribution in [-0.2, 0) is 0 Å². The fourth-order valence-corrected chi connectivity index (χ4v) is 7.96. The molecule has 4 atom stereocenters. The highest BCUT2D eigenvalue weighted by atomic mass is 16.5. The number of hydrogen-bond donors (Lipinski definition) is 0. The van der Waals surface area contributed by atoms with Crippen LogP contribution in [0.5, 0.6) is 5.75 Å². The zero-order valence-electron chi connectivity index (χ0n) is 27.8. The predicted molar refractivity (Wildman–Crippen MR) is 206 cm³/mol. The first-order valence-electron chi connectivity index (χ1n) is 17.6. The van der Waals surface area contributed by atoms with Crippen molar-refractivity contribution in [3.05, 3.63) is 187 Å². The summed E-state index contributed by atoms with van der Waals surface area (Å²) in [5.74, 6) is 3.53.